The van der Waals surface area contributed by atoms with E-state index in [1.54, 1.807) is 6.08 Å². The lowest BCUT2D eigenvalue weighted by atomic mass is 10.2. The minimum absolute atomic E-state index is 0.141. The van der Waals surface area contributed by atoms with Gasteiger partial charge in [0.25, 0.3) is 0 Å². The smallest absolute Gasteiger partial charge is 0.126 e. The van der Waals surface area contributed by atoms with Crippen LogP contribution in [0.15, 0.2) is 41.9 Å². The summed E-state index contributed by atoms with van der Waals surface area (Å²) in [5, 5.41) is 0. The zero-order chi connectivity index (χ0) is 11.3. The summed E-state index contributed by atoms with van der Waals surface area (Å²) in [5.41, 5.74) is 1.00. The number of hydrogen-bond acceptors (Lipinski definition) is 1. The van der Waals surface area contributed by atoms with Crippen molar-refractivity contribution in [1.82, 2.24) is 0 Å². The summed E-state index contributed by atoms with van der Waals surface area (Å²) in [7, 11) is 0. The van der Waals surface area contributed by atoms with Crippen LogP contribution in [0.2, 0.25) is 0 Å². The van der Waals surface area contributed by atoms with Crippen molar-refractivity contribution in [3.8, 4) is 5.75 Å². The molecule has 0 saturated carbocycles. The second kappa shape index (κ2) is 5.76. The van der Waals surface area contributed by atoms with E-state index in [0.717, 1.165) is 22.2 Å². The molecule has 0 amide bonds. The first-order chi connectivity index (χ1) is 7.17. The Bertz CT molecular complexity index is 358. The van der Waals surface area contributed by atoms with E-state index in [2.05, 4.69) is 29.1 Å². The van der Waals surface area contributed by atoms with Crippen molar-refractivity contribution >= 4 is 22.0 Å². The third-order valence-corrected chi connectivity index (χ3v) is 2.51. The van der Waals surface area contributed by atoms with Crippen LogP contribution in [0.25, 0.3) is 6.08 Å². The standard InChI is InChI=1S/C13H15BrO/c1-4-6-10(3)15-13-8-7-12(14)9-11(13)5-2/h4-5,7-10H,1-2,6H2,3H3. The molecule has 0 aliphatic rings. The molecule has 0 fully saturated rings. The Balaban J connectivity index is 2.84. The molecule has 1 rings (SSSR count). The van der Waals surface area contributed by atoms with Crippen molar-refractivity contribution in [2.45, 2.75) is 19.4 Å². The van der Waals surface area contributed by atoms with E-state index in [1.807, 2.05) is 31.2 Å². The summed E-state index contributed by atoms with van der Waals surface area (Å²) in [4.78, 5) is 0. The Morgan fingerprint density at radius 2 is 2.20 bits per heavy atom. The highest BCUT2D eigenvalue weighted by Gasteiger charge is 2.05. The number of ether oxygens (including phenoxy) is 1. The van der Waals surface area contributed by atoms with Crippen LogP contribution in [-0.2, 0) is 0 Å². The van der Waals surface area contributed by atoms with Gasteiger partial charge in [-0.05, 0) is 25.1 Å². The molecule has 80 valence electrons. The maximum absolute atomic E-state index is 5.77. The molecule has 1 nitrogen and oxygen atoms in total. The normalized spacial score (nSPS) is 11.9. The van der Waals surface area contributed by atoms with Gasteiger partial charge >= 0.3 is 0 Å². The van der Waals surface area contributed by atoms with Crippen LogP contribution < -0.4 is 4.74 Å². The number of halogens is 1. The number of rotatable bonds is 5. The molecule has 0 aliphatic carbocycles. The van der Waals surface area contributed by atoms with Gasteiger partial charge in [0.1, 0.15) is 5.75 Å². The van der Waals surface area contributed by atoms with Crippen LogP contribution in [0.1, 0.15) is 18.9 Å². The van der Waals surface area contributed by atoms with Gasteiger partial charge in [-0.15, -0.1) is 6.58 Å². The molecule has 0 heterocycles. The molecule has 1 unspecified atom stereocenters. The predicted octanol–water partition coefficient (Wildman–Crippen LogP) is 4.44. The summed E-state index contributed by atoms with van der Waals surface area (Å²) in [6.45, 7) is 9.48. The molecule has 1 atom stereocenters. The zero-order valence-corrected chi connectivity index (χ0v) is 10.5. The highest BCUT2D eigenvalue weighted by Crippen LogP contribution is 2.25. The van der Waals surface area contributed by atoms with Crippen LogP contribution in [0.3, 0.4) is 0 Å². The van der Waals surface area contributed by atoms with Crippen LogP contribution in [0, 0.1) is 0 Å². The third-order valence-electron chi connectivity index (χ3n) is 2.02. The van der Waals surface area contributed by atoms with Crippen molar-refractivity contribution in [2.24, 2.45) is 0 Å². The Morgan fingerprint density at radius 1 is 1.47 bits per heavy atom. The fourth-order valence-electron chi connectivity index (χ4n) is 1.29. The number of hydrogen-bond donors (Lipinski definition) is 0. The van der Waals surface area contributed by atoms with E-state index in [4.69, 9.17) is 4.74 Å². The van der Waals surface area contributed by atoms with Crippen molar-refractivity contribution < 1.29 is 4.74 Å². The van der Waals surface area contributed by atoms with Gasteiger partial charge < -0.3 is 4.74 Å². The first-order valence-electron chi connectivity index (χ1n) is 4.87. The summed E-state index contributed by atoms with van der Waals surface area (Å²) >= 11 is 3.41. The van der Waals surface area contributed by atoms with Crippen LogP contribution in [-0.4, -0.2) is 6.10 Å². The second-order valence-corrected chi connectivity index (χ2v) is 4.25. The first-order valence-corrected chi connectivity index (χ1v) is 5.66. The summed E-state index contributed by atoms with van der Waals surface area (Å²) < 4.78 is 6.80. The minimum atomic E-state index is 0.141. The first kappa shape index (κ1) is 12.1. The van der Waals surface area contributed by atoms with Crippen LogP contribution in [0.5, 0.6) is 5.75 Å². The lowest BCUT2D eigenvalue weighted by Gasteiger charge is -2.15. The molecule has 0 saturated heterocycles. The van der Waals surface area contributed by atoms with Gasteiger partial charge in [0.05, 0.1) is 6.10 Å². The lowest BCUT2D eigenvalue weighted by molar-refractivity contribution is 0.225. The maximum atomic E-state index is 5.77. The molecule has 0 spiro atoms. The van der Waals surface area contributed by atoms with E-state index >= 15 is 0 Å². The quantitative estimate of drug-likeness (QED) is 0.717. The molecule has 0 bridgehead atoms. The summed E-state index contributed by atoms with van der Waals surface area (Å²) in [6.07, 6.45) is 4.63. The van der Waals surface area contributed by atoms with Gasteiger partial charge in [-0.3, -0.25) is 0 Å². The highest BCUT2D eigenvalue weighted by molar-refractivity contribution is 9.10. The van der Waals surface area contributed by atoms with Crippen molar-refractivity contribution in [3.05, 3.63) is 47.5 Å². The van der Waals surface area contributed by atoms with Crippen molar-refractivity contribution in [2.75, 3.05) is 0 Å². The van der Waals surface area contributed by atoms with E-state index < -0.39 is 0 Å². The van der Waals surface area contributed by atoms with E-state index in [0.29, 0.717) is 0 Å². The van der Waals surface area contributed by atoms with Crippen LogP contribution >= 0.6 is 15.9 Å². The largest absolute Gasteiger partial charge is 0.490 e. The Morgan fingerprint density at radius 3 is 2.80 bits per heavy atom. The molecular formula is C13H15BrO. The topological polar surface area (TPSA) is 9.23 Å². The average molecular weight is 267 g/mol. The molecular weight excluding hydrogens is 252 g/mol. The van der Waals surface area contributed by atoms with Gasteiger partial charge in [-0.1, -0.05) is 34.7 Å². The molecule has 1 aromatic rings. The second-order valence-electron chi connectivity index (χ2n) is 3.34. The SMILES string of the molecule is C=CCC(C)Oc1ccc(Br)cc1C=C. The number of benzene rings is 1. The maximum Gasteiger partial charge on any atom is 0.126 e. The van der Waals surface area contributed by atoms with Gasteiger partial charge in [0.15, 0.2) is 0 Å². The average Bonchev–Trinajstić information content (AvgIpc) is 2.21. The Labute approximate surface area is 99.6 Å². The van der Waals surface area contributed by atoms with Crippen molar-refractivity contribution in [1.29, 1.82) is 0 Å². The molecule has 2 heteroatoms. The zero-order valence-electron chi connectivity index (χ0n) is 8.87. The Hall–Kier alpha value is -1.02. The molecule has 15 heavy (non-hydrogen) atoms. The summed E-state index contributed by atoms with van der Waals surface area (Å²) in [6, 6.07) is 5.90. The molecule has 0 radical (unpaired) electrons. The van der Waals surface area contributed by atoms with E-state index in [-0.39, 0.29) is 6.10 Å². The third kappa shape index (κ3) is 3.56. The Kier molecular flexibility index (Phi) is 4.63. The highest BCUT2D eigenvalue weighted by atomic mass is 79.9. The van der Waals surface area contributed by atoms with Gasteiger partial charge in [0.2, 0.25) is 0 Å². The molecule has 0 aromatic heterocycles. The monoisotopic (exact) mass is 266 g/mol. The van der Waals surface area contributed by atoms with Gasteiger partial charge in [-0.2, -0.15) is 0 Å². The molecule has 0 N–H and O–H groups in total. The van der Waals surface area contributed by atoms with Crippen molar-refractivity contribution in [3.63, 3.8) is 0 Å². The van der Waals surface area contributed by atoms with E-state index in [9.17, 15) is 0 Å². The van der Waals surface area contributed by atoms with Crippen LogP contribution in [0.4, 0.5) is 0 Å². The predicted molar refractivity (Wildman–Crippen MR) is 69.1 cm³/mol. The fraction of sp³-hybridized carbons (Fsp3) is 0.231. The van der Waals surface area contributed by atoms with Gasteiger partial charge in [-0.25, -0.2) is 0 Å². The molecule has 0 aliphatic heterocycles. The van der Waals surface area contributed by atoms with Gasteiger partial charge in [0, 0.05) is 16.5 Å². The summed E-state index contributed by atoms with van der Waals surface area (Å²) in [5.74, 6) is 0.863. The molecule has 1 aromatic carbocycles. The fourth-order valence-corrected chi connectivity index (χ4v) is 1.66. The lowest BCUT2D eigenvalue weighted by Crippen LogP contribution is -2.10. The minimum Gasteiger partial charge on any atom is -0.490 e. The van der Waals surface area contributed by atoms with E-state index in [1.165, 1.54) is 0 Å².